The van der Waals surface area contributed by atoms with Gasteiger partial charge in [0, 0.05) is 6.26 Å². The largest absolute Gasteiger partial charge is 0.235 e. The van der Waals surface area contributed by atoms with E-state index in [1.165, 1.54) is 6.92 Å². The molecule has 0 spiro atoms. The lowest BCUT2D eigenvalue weighted by molar-refractivity contribution is -0.302. The van der Waals surface area contributed by atoms with Crippen molar-refractivity contribution in [1.29, 1.82) is 0 Å². The molecule has 0 heterocycles. The number of sulfone groups is 1. The van der Waals surface area contributed by atoms with E-state index in [4.69, 9.17) is 0 Å². The van der Waals surface area contributed by atoms with E-state index in [2.05, 4.69) is 9.78 Å². The smallest absolute Gasteiger partial charge is 0.190 e. The second-order valence-electron chi connectivity index (χ2n) is 2.67. The molecule has 0 aromatic heterocycles. The Morgan fingerprint density at radius 2 is 2.00 bits per heavy atom. The molecular formula is C7H16O4S. The first-order valence-electron chi connectivity index (χ1n) is 3.95. The Balaban J connectivity index is 3.52. The third-order valence-corrected chi connectivity index (χ3v) is 2.67. The zero-order valence-electron chi connectivity index (χ0n) is 7.74. The van der Waals surface area contributed by atoms with Gasteiger partial charge in [-0.15, -0.1) is 0 Å². The van der Waals surface area contributed by atoms with Crippen molar-refractivity contribution >= 4 is 9.84 Å². The van der Waals surface area contributed by atoms with Crippen molar-refractivity contribution in [2.24, 2.45) is 0 Å². The fourth-order valence-electron chi connectivity index (χ4n) is 0.419. The number of hydrogen-bond acceptors (Lipinski definition) is 4. The molecule has 12 heavy (non-hydrogen) atoms. The first-order chi connectivity index (χ1) is 5.48. The second-order valence-corrected chi connectivity index (χ2v) is 4.99. The van der Waals surface area contributed by atoms with E-state index in [1.54, 1.807) is 0 Å². The summed E-state index contributed by atoms with van der Waals surface area (Å²) >= 11 is 0. The highest BCUT2D eigenvalue weighted by atomic mass is 32.2. The van der Waals surface area contributed by atoms with Crippen LogP contribution in [0.3, 0.4) is 0 Å². The molecule has 0 saturated heterocycles. The van der Waals surface area contributed by atoms with Gasteiger partial charge in [-0.1, -0.05) is 13.3 Å². The van der Waals surface area contributed by atoms with Gasteiger partial charge < -0.3 is 0 Å². The molecule has 5 heteroatoms. The molecule has 0 radical (unpaired) electrons. The topological polar surface area (TPSA) is 52.6 Å². The summed E-state index contributed by atoms with van der Waals surface area (Å²) in [6.07, 6.45) is 2.98. The van der Waals surface area contributed by atoms with Gasteiger partial charge in [-0.25, -0.2) is 18.2 Å². The lowest BCUT2D eigenvalue weighted by Crippen LogP contribution is -2.20. The lowest BCUT2D eigenvalue weighted by Gasteiger charge is -2.08. The number of unbranched alkanes of at least 4 members (excludes halogenated alkanes) is 1. The van der Waals surface area contributed by atoms with Gasteiger partial charge in [0.2, 0.25) is 0 Å². The van der Waals surface area contributed by atoms with Crippen LogP contribution >= 0.6 is 0 Å². The van der Waals surface area contributed by atoms with Gasteiger partial charge in [-0.3, -0.25) is 0 Å². The molecule has 0 amide bonds. The summed E-state index contributed by atoms with van der Waals surface area (Å²) in [5.74, 6) is 0. The van der Waals surface area contributed by atoms with Crippen LogP contribution in [0.1, 0.15) is 26.7 Å². The van der Waals surface area contributed by atoms with Crippen LogP contribution in [0.5, 0.6) is 0 Å². The lowest BCUT2D eigenvalue weighted by atomic mass is 10.4. The monoisotopic (exact) mass is 196 g/mol. The highest BCUT2D eigenvalue weighted by Crippen LogP contribution is 2.01. The predicted molar refractivity (Wildman–Crippen MR) is 46.3 cm³/mol. The Kier molecular flexibility index (Phi) is 5.44. The summed E-state index contributed by atoms with van der Waals surface area (Å²) in [6.45, 7) is 3.90. The van der Waals surface area contributed by atoms with E-state index >= 15 is 0 Å². The SMILES string of the molecule is CCCCOOC(C)S(C)(=O)=O. The highest BCUT2D eigenvalue weighted by Gasteiger charge is 2.15. The van der Waals surface area contributed by atoms with E-state index in [1.807, 2.05) is 6.92 Å². The normalized spacial score (nSPS) is 14.6. The van der Waals surface area contributed by atoms with Crippen LogP contribution in [0.15, 0.2) is 0 Å². The first kappa shape index (κ1) is 11.9. The standard InChI is InChI=1S/C7H16O4S/c1-4-5-6-10-11-7(2)12(3,8)9/h7H,4-6H2,1-3H3. The van der Waals surface area contributed by atoms with Crippen LogP contribution in [0, 0.1) is 0 Å². The summed E-state index contributed by atoms with van der Waals surface area (Å²) in [4.78, 5) is 9.30. The Morgan fingerprint density at radius 3 is 2.42 bits per heavy atom. The quantitative estimate of drug-likeness (QED) is 0.363. The van der Waals surface area contributed by atoms with Gasteiger partial charge in [0.1, 0.15) is 0 Å². The van der Waals surface area contributed by atoms with E-state index in [9.17, 15) is 8.42 Å². The molecule has 0 aromatic rings. The van der Waals surface area contributed by atoms with Crippen LogP contribution in [-0.2, 0) is 19.6 Å². The maximum atomic E-state index is 10.8. The van der Waals surface area contributed by atoms with Crippen molar-refractivity contribution in [3.05, 3.63) is 0 Å². The average Bonchev–Trinajstić information content (AvgIpc) is 1.96. The summed E-state index contributed by atoms with van der Waals surface area (Å²) in [5.41, 5.74) is -0.880. The molecule has 0 aliphatic rings. The predicted octanol–water partition coefficient (Wildman–Crippen LogP) is 1.13. The van der Waals surface area contributed by atoms with Gasteiger partial charge >= 0.3 is 0 Å². The molecule has 0 fully saturated rings. The van der Waals surface area contributed by atoms with E-state index < -0.39 is 15.3 Å². The number of rotatable bonds is 6. The van der Waals surface area contributed by atoms with Gasteiger partial charge in [-0.2, -0.15) is 0 Å². The third kappa shape index (κ3) is 5.51. The van der Waals surface area contributed by atoms with Crippen LogP contribution in [0.25, 0.3) is 0 Å². The Bertz CT molecular complexity index is 197. The fourth-order valence-corrected chi connectivity index (χ4v) is 0.617. The molecule has 0 aliphatic heterocycles. The van der Waals surface area contributed by atoms with Crippen LogP contribution < -0.4 is 0 Å². The van der Waals surface area contributed by atoms with E-state index in [0.29, 0.717) is 6.61 Å². The highest BCUT2D eigenvalue weighted by molar-refractivity contribution is 7.91. The van der Waals surface area contributed by atoms with Crippen molar-refractivity contribution < 1.29 is 18.2 Å². The van der Waals surface area contributed by atoms with E-state index in [-0.39, 0.29) is 0 Å². The maximum Gasteiger partial charge on any atom is 0.190 e. The van der Waals surface area contributed by atoms with Gasteiger partial charge in [0.15, 0.2) is 15.3 Å². The summed E-state index contributed by atoms with van der Waals surface area (Å²) in [6, 6.07) is 0. The molecule has 0 aromatic carbocycles. The average molecular weight is 196 g/mol. The maximum absolute atomic E-state index is 10.8. The summed E-state index contributed by atoms with van der Waals surface area (Å²) in [7, 11) is -3.14. The zero-order valence-corrected chi connectivity index (χ0v) is 8.56. The van der Waals surface area contributed by atoms with Crippen LogP contribution in [-0.4, -0.2) is 26.7 Å². The Morgan fingerprint density at radius 1 is 1.42 bits per heavy atom. The molecule has 0 bridgehead atoms. The number of hydrogen-bond donors (Lipinski definition) is 0. The molecular weight excluding hydrogens is 180 g/mol. The first-order valence-corrected chi connectivity index (χ1v) is 5.91. The minimum absolute atomic E-state index is 0.441. The Labute approximate surface area is 73.7 Å². The van der Waals surface area contributed by atoms with Crippen molar-refractivity contribution in [3.8, 4) is 0 Å². The minimum Gasteiger partial charge on any atom is -0.235 e. The summed E-state index contributed by atoms with van der Waals surface area (Å²) < 4.78 is 21.6. The molecule has 74 valence electrons. The molecule has 0 rings (SSSR count). The molecule has 1 unspecified atom stereocenters. The van der Waals surface area contributed by atoms with Crippen molar-refractivity contribution in [1.82, 2.24) is 0 Å². The van der Waals surface area contributed by atoms with Crippen molar-refractivity contribution in [3.63, 3.8) is 0 Å². The molecule has 0 saturated carbocycles. The van der Waals surface area contributed by atoms with Crippen molar-refractivity contribution in [2.45, 2.75) is 32.1 Å². The third-order valence-electron chi connectivity index (χ3n) is 1.39. The zero-order chi connectivity index (χ0) is 9.61. The van der Waals surface area contributed by atoms with Gasteiger partial charge in [-0.05, 0) is 13.3 Å². The Hall–Kier alpha value is -0.130. The van der Waals surface area contributed by atoms with Gasteiger partial charge in [0.05, 0.1) is 6.61 Å². The fraction of sp³-hybridized carbons (Fsp3) is 1.00. The summed E-state index contributed by atoms with van der Waals surface area (Å²) in [5, 5.41) is 0. The molecule has 0 N–H and O–H groups in total. The van der Waals surface area contributed by atoms with E-state index in [0.717, 1.165) is 19.1 Å². The van der Waals surface area contributed by atoms with Crippen molar-refractivity contribution in [2.75, 3.05) is 12.9 Å². The van der Waals surface area contributed by atoms with Gasteiger partial charge in [0.25, 0.3) is 0 Å². The molecule has 4 nitrogen and oxygen atoms in total. The minimum atomic E-state index is -3.14. The molecule has 1 atom stereocenters. The van der Waals surface area contributed by atoms with Crippen LogP contribution in [0.2, 0.25) is 0 Å². The second kappa shape index (κ2) is 5.50. The molecule has 0 aliphatic carbocycles. The van der Waals surface area contributed by atoms with Crippen LogP contribution in [0.4, 0.5) is 0 Å².